The Morgan fingerprint density at radius 1 is 1.11 bits per heavy atom. The lowest BCUT2D eigenvalue weighted by atomic mass is 9.97. The first-order chi connectivity index (χ1) is 13.7. The van der Waals surface area contributed by atoms with Gasteiger partial charge in [0.05, 0.1) is 0 Å². The topological polar surface area (TPSA) is 32.3 Å². The van der Waals surface area contributed by atoms with E-state index in [9.17, 15) is 4.79 Å². The fraction of sp³-hybridized carbons (Fsp3) is 0.458. The predicted molar refractivity (Wildman–Crippen MR) is 117 cm³/mol. The van der Waals surface area contributed by atoms with Gasteiger partial charge in [0.1, 0.15) is 0 Å². The van der Waals surface area contributed by atoms with Gasteiger partial charge in [-0.1, -0.05) is 29.8 Å². The number of rotatable bonds is 5. The summed E-state index contributed by atoms with van der Waals surface area (Å²) >= 11 is 1.96. The van der Waals surface area contributed by atoms with Crippen LogP contribution in [0.15, 0.2) is 53.4 Å². The molecule has 2 aromatic rings. The van der Waals surface area contributed by atoms with E-state index in [0.717, 1.165) is 51.0 Å². The minimum Gasteiger partial charge on any atom is -0.339 e. The predicted octanol–water partition coefficient (Wildman–Crippen LogP) is 4.54. The van der Waals surface area contributed by atoms with Crippen molar-refractivity contribution in [3.63, 3.8) is 0 Å². The number of nitrogens with zero attached hydrogens (tertiary/aromatic N) is 1. The van der Waals surface area contributed by atoms with E-state index in [-0.39, 0.29) is 5.91 Å². The van der Waals surface area contributed by atoms with Gasteiger partial charge in [0.15, 0.2) is 0 Å². The van der Waals surface area contributed by atoms with E-state index >= 15 is 0 Å². The van der Waals surface area contributed by atoms with Crippen molar-refractivity contribution in [2.75, 3.05) is 26.2 Å². The molecule has 1 atom stereocenters. The Hall–Kier alpha value is -1.78. The number of carbonyl (C=O) groups is 1. The van der Waals surface area contributed by atoms with Crippen molar-refractivity contribution in [2.45, 2.75) is 42.8 Å². The summed E-state index contributed by atoms with van der Waals surface area (Å²) < 4.78 is 0. The molecule has 3 nitrogen and oxygen atoms in total. The van der Waals surface area contributed by atoms with Crippen molar-refractivity contribution >= 4 is 17.7 Å². The van der Waals surface area contributed by atoms with E-state index < -0.39 is 0 Å². The second-order valence-electron chi connectivity index (χ2n) is 8.19. The Kier molecular flexibility index (Phi) is 6.38. The molecule has 2 fully saturated rings. The molecule has 1 N–H and O–H groups in total. The number of amides is 1. The van der Waals surface area contributed by atoms with Gasteiger partial charge in [0, 0.05) is 28.8 Å². The first-order valence-electron chi connectivity index (χ1n) is 10.5. The third-order valence-corrected chi connectivity index (χ3v) is 7.21. The molecule has 0 aliphatic carbocycles. The van der Waals surface area contributed by atoms with Gasteiger partial charge in [-0.05, 0) is 81.4 Å². The third-order valence-electron chi connectivity index (χ3n) is 5.88. The van der Waals surface area contributed by atoms with Gasteiger partial charge in [-0.2, -0.15) is 0 Å². The molecule has 1 amide bonds. The number of thioether (sulfide) groups is 1. The van der Waals surface area contributed by atoms with E-state index in [1.165, 1.54) is 22.4 Å². The highest BCUT2D eigenvalue weighted by Gasteiger charge is 2.24. The standard InChI is InChI=1S/C24H30N2OS/c1-18-4-2-7-23(14-18)28-22-9-12-26(13-10-22)24(27)21-6-3-5-19(16-21)15-20-8-11-25-17-20/h2-7,14,16,20,22,25H,8-13,15,17H2,1H3. The molecule has 0 bridgehead atoms. The first kappa shape index (κ1) is 19.5. The summed E-state index contributed by atoms with van der Waals surface area (Å²) in [4.78, 5) is 16.4. The smallest absolute Gasteiger partial charge is 0.253 e. The van der Waals surface area contributed by atoms with Gasteiger partial charge < -0.3 is 10.2 Å². The maximum atomic E-state index is 13.0. The average molecular weight is 395 g/mol. The van der Waals surface area contributed by atoms with E-state index in [0.29, 0.717) is 11.2 Å². The van der Waals surface area contributed by atoms with Crippen molar-refractivity contribution in [1.29, 1.82) is 0 Å². The highest BCUT2D eigenvalue weighted by atomic mass is 32.2. The van der Waals surface area contributed by atoms with Gasteiger partial charge in [-0.15, -0.1) is 11.8 Å². The first-order valence-corrected chi connectivity index (χ1v) is 11.4. The van der Waals surface area contributed by atoms with Crippen LogP contribution in [-0.2, 0) is 6.42 Å². The van der Waals surface area contributed by atoms with Crippen LogP contribution in [-0.4, -0.2) is 42.2 Å². The number of hydrogen-bond acceptors (Lipinski definition) is 3. The number of nitrogens with one attached hydrogen (secondary N) is 1. The van der Waals surface area contributed by atoms with Gasteiger partial charge >= 0.3 is 0 Å². The largest absolute Gasteiger partial charge is 0.339 e. The summed E-state index contributed by atoms with van der Waals surface area (Å²) in [5.74, 6) is 0.908. The Morgan fingerprint density at radius 3 is 2.68 bits per heavy atom. The van der Waals surface area contributed by atoms with Crippen LogP contribution in [0.2, 0.25) is 0 Å². The molecule has 2 heterocycles. The second kappa shape index (κ2) is 9.15. The number of piperidine rings is 1. The average Bonchev–Trinajstić information content (AvgIpc) is 3.21. The maximum Gasteiger partial charge on any atom is 0.253 e. The second-order valence-corrected chi connectivity index (χ2v) is 9.56. The highest BCUT2D eigenvalue weighted by Crippen LogP contribution is 2.31. The van der Waals surface area contributed by atoms with Crippen LogP contribution < -0.4 is 5.32 Å². The Balaban J connectivity index is 1.32. The minimum absolute atomic E-state index is 0.199. The van der Waals surface area contributed by atoms with Crippen LogP contribution >= 0.6 is 11.8 Å². The van der Waals surface area contributed by atoms with Crippen LogP contribution in [0.5, 0.6) is 0 Å². The van der Waals surface area contributed by atoms with Crippen LogP contribution in [0.4, 0.5) is 0 Å². The Bertz CT molecular complexity index is 808. The highest BCUT2D eigenvalue weighted by molar-refractivity contribution is 8.00. The van der Waals surface area contributed by atoms with Crippen molar-refractivity contribution in [3.05, 3.63) is 65.2 Å². The quantitative estimate of drug-likeness (QED) is 0.808. The summed E-state index contributed by atoms with van der Waals surface area (Å²) in [5, 5.41) is 4.03. The third kappa shape index (κ3) is 4.98. The lowest BCUT2D eigenvalue weighted by Crippen LogP contribution is -2.39. The molecule has 2 aliphatic heterocycles. The van der Waals surface area contributed by atoms with Gasteiger partial charge in [-0.3, -0.25) is 4.79 Å². The van der Waals surface area contributed by atoms with E-state index in [1.54, 1.807) is 0 Å². The summed E-state index contributed by atoms with van der Waals surface area (Å²) in [5.41, 5.74) is 3.46. The maximum absolute atomic E-state index is 13.0. The van der Waals surface area contributed by atoms with E-state index in [1.807, 2.05) is 28.8 Å². The monoisotopic (exact) mass is 394 g/mol. The van der Waals surface area contributed by atoms with Crippen molar-refractivity contribution in [2.24, 2.45) is 5.92 Å². The molecule has 2 aromatic carbocycles. The molecule has 0 aromatic heterocycles. The Labute approximate surface area is 172 Å². The number of carbonyl (C=O) groups excluding carboxylic acids is 1. The molecule has 0 radical (unpaired) electrons. The minimum atomic E-state index is 0.199. The zero-order valence-electron chi connectivity index (χ0n) is 16.7. The van der Waals surface area contributed by atoms with Crippen LogP contribution in [0.1, 0.15) is 40.7 Å². The summed E-state index contributed by atoms with van der Waals surface area (Å²) in [7, 11) is 0. The molecule has 4 heteroatoms. The van der Waals surface area contributed by atoms with E-state index in [4.69, 9.17) is 0 Å². The van der Waals surface area contributed by atoms with Crippen molar-refractivity contribution in [3.8, 4) is 0 Å². The van der Waals surface area contributed by atoms with Crippen molar-refractivity contribution in [1.82, 2.24) is 10.2 Å². The molecular formula is C24H30N2OS. The number of benzene rings is 2. The molecule has 0 saturated carbocycles. The molecule has 2 saturated heterocycles. The van der Waals surface area contributed by atoms with Crippen LogP contribution in [0.25, 0.3) is 0 Å². The molecule has 0 spiro atoms. The molecule has 1 unspecified atom stereocenters. The lowest BCUT2D eigenvalue weighted by Gasteiger charge is -2.32. The fourth-order valence-electron chi connectivity index (χ4n) is 4.29. The zero-order chi connectivity index (χ0) is 19.3. The summed E-state index contributed by atoms with van der Waals surface area (Å²) in [6.07, 6.45) is 4.45. The molecule has 4 rings (SSSR count). The Morgan fingerprint density at radius 2 is 1.93 bits per heavy atom. The number of hydrogen-bond donors (Lipinski definition) is 1. The van der Waals surface area contributed by atoms with E-state index in [2.05, 4.69) is 48.6 Å². The molecule has 2 aliphatic rings. The van der Waals surface area contributed by atoms with Crippen LogP contribution in [0, 0.1) is 12.8 Å². The number of aryl methyl sites for hydroxylation is 1. The fourth-order valence-corrected chi connectivity index (χ4v) is 5.54. The van der Waals surface area contributed by atoms with Gasteiger partial charge in [0.25, 0.3) is 5.91 Å². The van der Waals surface area contributed by atoms with Crippen molar-refractivity contribution < 1.29 is 4.79 Å². The normalized spacial score (nSPS) is 20.5. The van der Waals surface area contributed by atoms with Crippen LogP contribution in [0.3, 0.4) is 0 Å². The SMILES string of the molecule is Cc1cccc(SC2CCN(C(=O)c3cccc(CC4CCNC4)c3)CC2)c1. The summed E-state index contributed by atoms with van der Waals surface area (Å²) in [6, 6.07) is 17.0. The molecular weight excluding hydrogens is 364 g/mol. The summed E-state index contributed by atoms with van der Waals surface area (Å²) in [6.45, 7) is 6.09. The van der Waals surface area contributed by atoms with Gasteiger partial charge in [0.2, 0.25) is 0 Å². The molecule has 148 valence electrons. The molecule has 28 heavy (non-hydrogen) atoms. The lowest BCUT2D eigenvalue weighted by molar-refractivity contribution is 0.0727. The zero-order valence-corrected chi connectivity index (χ0v) is 17.5. The van der Waals surface area contributed by atoms with Gasteiger partial charge in [-0.25, -0.2) is 0 Å². The number of likely N-dealkylation sites (tertiary alicyclic amines) is 1.